The summed E-state index contributed by atoms with van der Waals surface area (Å²) < 4.78 is 13.1. The van der Waals surface area contributed by atoms with E-state index in [1.54, 1.807) is 0 Å². The van der Waals surface area contributed by atoms with Gasteiger partial charge in [-0.05, 0) is 47.4 Å². The molecule has 0 aromatic heterocycles. The van der Waals surface area contributed by atoms with Crippen LogP contribution in [0.15, 0.2) is 33.6 Å². The second kappa shape index (κ2) is 8.80. The second-order valence-corrected chi connectivity index (χ2v) is 6.42. The van der Waals surface area contributed by atoms with Gasteiger partial charge in [-0.1, -0.05) is 19.1 Å². The second-order valence-electron chi connectivity index (χ2n) is 4.11. The van der Waals surface area contributed by atoms with Crippen LogP contribution in [0.3, 0.4) is 0 Å². The zero-order chi connectivity index (χ0) is 13.4. The fraction of sp³-hybridized carbons (Fsp3) is 0.538. The van der Waals surface area contributed by atoms with Gasteiger partial charge in [0.05, 0.1) is 15.7 Å². The van der Waals surface area contributed by atoms with Crippen molar-refractivity contribution in [2.75, 3.05) is 18.9 Å². The van der Waals surface area contributed by atoms with Crippen molar-refractivity contribution >= 4 is 26.7 Å². The lowest BCUT2D eigenvalue weighted by atomic mass is 10.2. The van der Waals surface area contributed by atoms with Crippen LogP contribution >= 0.6 is 15.9 Å². The standard InChI is InChI=1S/C13H20BrNO2S/c1-2-8-15-11(7-9-16)10-18(17)13-6-4-3-5-12(13)14/h3-6,11,15-16H,2,7-10H2,1H3. The summed E-state index contributed by atoms with van der Waals surface area (Å²) in [5.41, 5.74) is 0. The Bertz CT molecular complexity index is 387. The monoisotopic (exact) mass is 333 g/mol. The Morgan fingerprint density at radius 2 is 2.17 bits per heavy atom. The molecule has 2 atom stereocenters. The van der Waals surface area contributed by atoms with Gasteiger partial charge in [0.25, 0.3) is 0 Å². The molecule has 0 heterocycles. The molecule has 2 unspecified atom stereocenters. The van der Waals surface area contributed by atoms with Crippen LogP contribution in [-0.4, -0.2) is 34.3 Å². The SMILES string of the molecule is CCCNC(CCO)CS(=O)c1ccccc1Br. The molecule has 1 aromatic rings. The lowest BCUT2D eigenvalue weighted by Crippen LogP contribution is -2.35. The molecule has 2 N–H and O–H groups in total. The van der Waals surface area contributed by atoms with E-state index in [1.165, 1.54) is 0 Å². The number of halogens is 1. The van der Waals surface area contributed by atoms with Crippen molar-refractivity contribution in [2.45, 2.75) is 30.7 Å². The highest BCUT2D eigenvalue weighted by Gasteiger charge is 2.14. The van der Waals surface area contributed by atoms with Gasteiger partial charge in [-0.3, -0.25) is 4.21 Å². The van der Waals surface area contributed by atoms with Crippen LogP contribution in [0.5, 0.6) is 0 Å². The largest absolute Gasteiger partial charge is 0.396 e. The van der Waals surface area contributed by atoms with E-state index in [0.29, 0.717) is 12.2 Å². The van der Waals surface area contributed by atoms with Gasteiger partial charge >= 0.3 is 0 Å². The molecule has 0 amide bonds. The molecule has 0 aliphatic heterocycles. The quantitative estimate of drug-likeness (QED) is 0.767. The Kier molecular flexibility index (Phi) is 7.74. The molecule has 3 nitrogen and oxygen atoms in total. The number of aliphatic hydroxyl groups is 1. The maximum Gasteiger partial charge on any atom is 0.0556 e. The molecule has 0 aliphatic rings. The first kappa shape index (κ1) is 15.8. The smallest absolute Gasteiger partial charge is 0.0556 e. The van der Waals surface area contributed by atoms with Crippen LogP contribution in [0.4, 0.5) is 0 Å². The van der Waals surface area contributed by atoms with Crippen LogP contribution in [0.2, 0.25) is 0 Å². The minimum Gasteiger partial charge on any atom is -0.396 e. The Morgan fingerprint density at radius 1 is 1.44 bits per heavy atom. The molecule has 5 heteroatoms. The average molecular weight is 334 g/mol. The molecule has 102 valence electrons. The molecule has 0 bridgehead atoms. The van der Waals surface area contributed by atoms with Crippen LogP contribution < -0.4 is 5.32 Å². The van der Waals surface area contributed by atoms with Gasteiger partial charge in [0, 0.05) is 22.9 Å². The Balaban J connectivity index is 2.63. The number of rotatable bonds is 8. The van der Waals surface area contributed by atoms with Gasteiger partial charge in [0.2, 0.25) is 0 Å². The topological polar surface area (TPSA) is 49.3 Å². The van der Waals surface area contributed by atoms with Crippen molar-refractivity contribution in [1.82, 2.24) is 5.32 Å². The summed E-state index contributed by atoms with van der Waals surface area (Å²) in [5, 5.41) is 12.3. The predicted molar refractivity (Wildman–Crippen MR) is 79.2 cm³/mol. The summed E-state index contributed by atoms with van der Waals surface area (Å²) in [6.45, 7) is 3.10. The van der Waals surface area contributed by atoms with Gasteiger partial charge in [0.1, 0.15) is 0 Å². The number of hydrogen-bond acceptors (Lipinski definition) is 3. The van der Waals surface area contributed by atoms with Crippen LogP contribution in [-0.2, 0) is 10.8 Å². The lowest BCUT2D eigenvalue weighted by molar-refractivity contribution is 0.270. The summed E-state index contributed by atoms with van der Waals surface area (Å²) in [6.07, 6.45) is 1.67. The Labute approximate surface area is 120 Å². The molecule has 0 fully saturated rings. The van der Waals surface area contributed by atoms with Crippen LogP contribution in [0, 0.1) is 0 Å². The van der Waals surface area contributed by atoms with Crippen molar-refractivity contribution in [1.29, 1.82) is 0 Å². The summed E-state index contributed by atoms with van der Waals surface area (Å²) in [6, 6.07) is 7.66. The minimum atomic E-state index is -1.05. The van der Waals surface area contributed by atoms with E-state index >= 15 is 0 Å². The Morgan fingerprint density at radius 3 is 2.78 bits per heavy atom. The van der Waals surface area contributed by atoms with Crippen molar-refractivity contribution in [3.8, 4) is 0 Å². The van der Waals surface area contributed by atoms with Crippen molar-refractivity contribution < 1.29 is 9.32 Å². The lowest BCUT2D eigenvalue weighted by Gasteiger charge is -2.17. The molecular weight excluding hydrogens is 314 g/mol. The molecule has 1 aromatic carbocycles. The fourth-order valence-electron chi connectivity index (χ4n) is 1.65. The molecule has 0 saturated carbocycles. The van der Waals surface area contributed by atoms with E-state index in [2.05, 4.69) is 28.2 Å². The zero-order valence-electron chi connectivity index (χ0n) is 10.6. The summed E-state index contributed by atoms with van der Waals surface area (Å²) in [7, 11) is -1.05. The number of hydrogen-bond donors (Lipinski definition) is 2. The van der Waals surface area contributed by atoms with Gasteiger partial charge in [-0.25, -0.2) is 0 Å². The van der Waals surface area contributed by atoms with Gasteiger partial charge in [-0.15, -0.1) is 0 Å². The maximum absolute atomic E-state index is 12.3. The van der Waals surface area contributed by atoms with E-state index in [0.717, 1.165) is 22.3 Å². The molecular formula is C13H20BrNO2S. The number of nitrogens with one attached hydrogen (secondary N) is 1. The third-order valence-corrected chi connectivity index (χ3v) is 5.10. The van der Waals surface area contributed by atoms with E-state index in [1.807, 2.05) is 24.3 Å². The van der Waals surface area contributed by atoms with E-state index in [9.17, 15) is 4.21 Å². The third kappa shape index (κ3) is 5.18. The number of aliphatic hydroxyl groups excluding tert-OH is 1. The molecule has 0 aliphatic carbocycles. The highest BCUT2D eigenvalue weighted by atomic mass is 79.9. The first-order valence-electron chi connectivity index (χ1n) is 6.16. The molecule has 1 rings (SSSR count). The normalized spacial score (nSPS) is 14.4. The highest BCUT2D eigenvalue weighted by Crippen LogP contribution is 2.20. The maximum atomic E-state index is 12.3. The minimum absolute atomic E-state index is 0.0999. The van der Waals surface area contributed by atoms with Gasteiger partial charge < -0.3 is 10.4 Å². The highest BCUT2D eigenvalue weighted by molar-refractivity contribution is 9.10. The molecule has 18 heavy (non-hydrogen) atoms. The first-order chi connectivity index (χ1) is 8.69. The van der Waals surface area contributed by atoms with Gasteiger partial charge in [-0.2, -0.15) is 0 Å². The van der Waals surface area contributed by atoms with Crippen molar-refractivity contribution in [3.05, 3.63) is 28.7 Å². The average Bonchev–Trinajstić information content (AvgIpc) is 2.36. The summed E-state index contributed by atoms with van der Waals surface area (Å²) in [5.74, 6) is 0.531. The summed E-state index contributed by atoms with van der Waals surface area (Å²) >= 11 is 3.42. The fourth-order valence-corrected chi connectivity index (χ4v) is 3.82. The first-order valence-corrected chi connectivity index (χ1v) is 8.27. The third-order valence-electron chi connectivity index (χ3n) is 2.60. The Hall–Kier alpha value is -0.230. The zero-order valence-corrected chi connectivity index (χ0v) is 13.0. The van der Waals surface area contributed by atoms with E-state index in [4.69, 9.17) is 5.11 Å². The number of benzene rings is 1. The van der Waals surface area contributed by atoms with E-state index in [-0.39, 0.29) is 12.6 Å². The van der Waals surface area contributed by atoms with Crippen LogP contribution in [0.25, 0.3) is 0 Å². The van der Waals surface area contributed by atoms with Gasteiger partial charge in [0.15, 0.2) is 0 Å². The molecule has 0 spiro atoms. The summed E-state index contributed by atoms with van der Waals surface area (Å²) in [4.78, 5) is 0.818. The molecule has 0 saturated heterocycles. The van der Waals surface area contributed by atoms with Crippen LogP contribution in [0.1, 0.15) is 19.8 Å². The predicted octanol–water partition coefficient (Wildman–Crippen LogP) is 2.31. The van der Waals surface area contributed by atoms with Crippen molar-refractivity contribution in [2.24, 2.45) is 0 Å². The van der Waals surface area contributed by atoms with E-state index < -0.39 is 10.8 Å². The van der Waals surface area contributed by atoms with Crippen molar-refractivity contribution in [3.63, 3.8) is 0 Å². The molecule has 0 radical (unpaired) electrons.